The Balaban J connectivity index is 1.55. The smallest absolute Gasteiger partial charge is 0.241 e. The maximum atomic E-state index is 13.8. The van der Waals surface area contributed by atoms with Crippen molar-refractivity contribution in [2.75, 3.05) is 10.6 Å². The first-order chi connectivity index (χ1) is 14.9. The summed E-state index contributed by atoms with van der Waals surface area (Å²) in [5.74, 6) is -0.286. The SMILES string of the molecule is N[C@H](Cc1sc2c(NCc3ccco3)cc(Cl)nc2c1Cl)C(=O)Nc1ccccc1F. The molecule has 1 atom stereocenters. The molecule has 0 aliphatic heterocycles. The highest BCUT2D eigenvalue weighted by molar-refractivity contribution is 7.20. The van der Waals surface area contributed by atoms with Crippen molar-refractivity contribution in [1.82, 2.24) is 4.98 Å². The molecule has 0 fully saturated rings. The Morgan fingerprint density at radius 2 is 2.03 bits per heavy atom. The van der Waals surface area contributed by atoms with Crippen LogP contribution in [-0.4, -0.2) is 16.9 Å². The van der Waals surface area contributed by atoms with Crippen LogP contribution in [0, 0.1) is 5.82 Å². The molecule has 160 valence electrons. The van der Waals surface area contributed by atoms with Crippen LogP contribution >= 0.6 is 34.5 Å². The fraction of sp³-hybridized carbons (Fsp3) is 0.143. The molecule has 3 heterocycles. The van der Waals surface area contributed by atoms with Gasteiger partial charge in [0.2, 0.25) is 5.91 Å². The number of benzene rings is 1. The lowest BCUT2D eigenvalue weighted by Crippen LogP contribution is -2.37. The Morgan fingerprint density at radius 1 is 1.23 bits per heavy atom. The van der Waals surface area contributed by atoms with Gasteiger partial charge in [-0.1, -0.05) is 35.3 Å². The summed E-state index contributed by atoms with van der Waals surface area (Å²) in [5.41, 5.74) is 7.41. The standard InChI is InChI=1S/C21H17Cl2FN4O2S/c22-17-9-15(26-10-11-4-3-7-30-11)20-19(28-17)18(23)16(31-20)8-13(25)21(29)27-14-6-2-1-5-12(14)24/h1-7,9,13H,8,10,25H2,(H,26,28)(H,27,29)/t13-/m1/s1. The molecule has 1 aromatic carbocycles. The highest BCUT2D eigenvalue weighted by Crippen LogP contribution is 2.40. The number of carbonyl (C=O) groups excluding carboxylic acids is 1. The van der Waals surface area contributed by atoms with Crippen LogP contribution in [0.4, 0.5) is 15.8 Å². The first-order valence-corrected chi connectivity index (χ1v) is 10.8. The molecule has 0 aliphatic carbocycles. The minimum atomic E-state index is -0.930. The van der Waals surface area contributed by atoms with Crippen molar-refractivity contribution < 1.29 is 13.6 Å². The molecule has 0 saturated carbocycles. The predicted octanol–water partition coefficient (Wildman–Crippen LogP) is 5.46. The van der Waals surface area contributed by atoms with Crippen molar-refractivity contribution in [3.8, 4) is 0 Å². The first-order valence-electron chi connectivity index (χ1n) is 9.27. The summed E-state index contributed by atoms with van der Waals surface area (Å²) in [6.07, 6.45) is 1.76. The van der Waals surface area contributed by atoms with Gasteiger partial charge in [-0.05, 0) is 24.3 Å². The molecule has 4 rings (SSSR count). The minimum absolute atomic E-state index is 0.0725. The fourth-order valence-electron chi connectivity index (χ4n) is 2.99. The third-order valence-electron chi connectivity index (χ3n) is 4.53. The normalized spacial score (nSPS) is 12.1. The molecule has 4 aromatic rings. The van der Waals surface area contributed by atoms with Gasteiger partial charge in [-0.15, -0.1) is 11.3 Å². The first kappa shape index (κ1) is 21.6. The Kier molecular flexibility index (Phi) is 6.43. The van der Waals surface area contributed by atoms with E-state index >= 15 is 0 Å². The number of furan rings is 1. The van der Waals surface area contributed by atoms with Crippen molar-refractivity contribution in [2.45, 2.75) is 19.0 Å². The number of halogens is 3. The molecule has 0 radical (unpaired) electrons. The number of rotatable bonds is 7. The minimum Gasteiger partial charge on any atom is -0.467 e. The van der Waals surface area contributed by atoms with E-state index in [-0.39, 0.29) is 17.3 Å². The summed E-state index contributed by atoms with van der Waals surface area (Å²) in [6, 6.07) is 10.3. The maximum Gasteiger partial charge on any atom is 0.241 e. The summed E-state index contributed by atoms with van der Waals surface area (Å²) >= 11 is 14.1. The second kappa shape index (κ2) is 9.23. The molecule has 3 aromatic heterocycles. The van der Waals surface area contributed by atoms with Crippen molar-refractivity contribution >= 4 is 62.0 Å². The van der Waals surface area contributed by atoms with E-state index in [1.54, 1.807) is 24.5 Å². The van der Waals surface area contributed by atoms with Gasteiger partial charge in [-0.2, -0.15) is 0 Å². The van der Waals surface area contributed by atoms with Crippen LogP contribution in [0.5, 0.6) is 0 Å². The summed E-state index contributed by atoms with van der Waals surface area (Å²) in [6.45, 7) is 0.456. The van der Waals surface area contributed by atoms with Gasteiger partial charge in [0.1, 0.15) is 22.2 Å². The highest BCUT2D eigenvalue weighted by Gasteiger charge is 2.22. The molecule has 0 spiro atoms. The van der Waals surface area contributed by atoms with Gasteiger partial charge in [0.05, 0.1) is 39.9 Å². The molecule has 0 unspecified atom stereocenters. The molecule has 0 bridgehead atoms. The number of fused-ring (bicyclic) bond motifs is 1. The Hall–Kier alpha value is -2.65. The number of anilines is 2. The average Bonchev–Trinajstić information content (AvgIpc) is 3.37. The number of nitrogens with one attached hydrogen (secondary N) is 2. The Morgan fingerprint density at radius 3 is 2.77 bits per heavy atom. The predicted molar refractivity (Wildman–Crippen MR) is 122 cm³/mol. The highest BCUT2D eigenvalue weighted by atomic mass is 35.5. The second-order valence-electron chi connectivity index (χ2n) is 6.72. The number of amides is 1. The molecular weight excluding hydrogens is 462 g/mol. The Labute approximate surface area is 191 Å². The van der Waals surface area contributed by atoms with Crippen LogP contribution in [0.25, 0.3) is 10.2 Å². The van der Waals surface area contributed by atoms with Crippen LogP contribution in [0.1, 0.15) is 10.6 Å². The molecule has 4 N–H and O–H groups in total. The number of pyridine rings is 1. The van der Waals surface area contributed by atoms with Crippen LogP contribution in [0.2, 0.25) is 10.2 Å². The topological polar surface area (TPSA) is 93.2 Å². The van der Waals surface area contributed by atoms with Gasteiger partial charge < -0.3 is 20.8 Å². The van der Waals surface area contributed by atoms with Crippen LogP contribution in [0.15, 0.2) is 53.1 Å². The van der Waals surface area contributed by atoms with E-state index in [1.807, 2.05) is 6.07 Å². The zero-order valence-electron chi connectivity index (χ0n) is 16.0. The van der Waals surface area contributed by atoms with E-state index in [2.05, 4.69) is 15.6 Å². The second-order valence-corrected chi connectivity index (χ2v) is 8.59. The summed E-state index contributed by atoms with van der Waals surface area (Å²) < 4.78 is 19.9. The molecule has 6 nitrogen and oxygen atoms in total. The molecular formula is C21H17Cl2FN4O2S. The van der Waals surface area contributed by atoms with E-state index in [1.165, 1.54) is 29.5 Å². The molecule has 0 aliphatic rings. The number of hydrogen-bond acceptors (Lipinski definition) is 6. The van der Waals surface area contributed by atoms with Gasteiger partial charge in [0.25, 0.3) is 0 Å². The van der Waals surface area contributed by atoms with Crippen LogP contribution in [-0.2, 0) is 17.8 Å². The number of nitrogens with zero attached hydrogens (tertiary/aromatic N) is 1. The number of nitrogens with two attached hydrogens (primary N) is 1. The van der Waals surface area contributed by atoms with Gasteiger partial charge in [-0.25, -0.2) is 9.37 Å². The average molecular weight is 479 g/mol. The quantitative estimate of drug-likeness (QED) is 0.306. The van der Waals surface area contributed by atoms with Gasteiger partial charge in [0.15, 0.2) is 0 Å². The number of para-hydroxylation sites is 1. The number of hydrogen-bond donors (Lipinski definition) is 3. The van der Waals surface area contributed by atoms with Crippen molar-refractivity contribution in [2.24, 2.45) is 5.73 Å². The monoisotopic (exact) mass is 478 g/mol. The Bertz CT molecular complexity index is 1230. The number of carbonyl (C=O) groups is 1. The zero-order valence-corrected chi connectivity index (χ0v) is 18.3. The molecule has 10 heteroatoms. The molecule has 31 heavy (non-hydrogen) atoms. The number of thiophene rings is 1. The van der Waals surface area contributed by atoms with E-state index in [4.69, 9.17) is 33.4 Å². The largest absolute Gasteiger partial charge is 0.467 e. The lowest BCUT2D eigenvalue weighted by Gasteiger charge is -2.12. The van der Waals surface area contributed by atoms with Gasteiger partial charge >= 0.3 is 0 Å². The summed E-state index contributed by atoms with van der Waals surface area (Å²) in [4.78, 5) is 17.5. The fourth-order valence-corrected chi connectivity index (χ4v) is 4.75. The maximum absolute atomic E-state index is 13.8. The van der Waals surface area contributed by atoms with Crippen LogP contribution in [0.3, 0.4) is 0 Å². The summed E-state index contributed by atoms with van der Waals surface area (Å²) in [7, 11) is 0. The van der Waals surface area contributed by atoms with E-state index in [9.17, 15) is 9.18 Å². The van der Waals surface area contributed by atoms with Crippen LogP contribution < -0.4 is 16.4 Å². The molecule has 0 saturated heterocycles. The van der Waals surface area contributed by atoms with E-state index in [0.29, 0.717) is 22.0 Å². The van der Waals surface area contributed by atoms with Gasteiger partial charge in [0, 0.05) is 17.4 Å². The van der Waals surface area contributed by atoms with Crippen molar-refractivity contribution in [3.05, 3.63) is 75.4 Å². The van der Waals surface area contributed by atoms with E-state index < -0.39 is 17.8 Å². The zero-order chi connectivity index (χ0) is 22.0. The summed E-state index contributed by atoms with van der Waals surface area (Å²) in [5, 5.41) is 6.44. The molecule has 1 amide bonds. The van der Waals surface area contributed by atoms with Crippen molar-refractivity contribution in [3.63, 3.8) is 0 Å². The van der Waals surface area contributed by atoms with Gasteiger partial charge in [-0.3, -0.25) is 4.79 Å². The van der Waals surface area contributed by atoms with E-state index in [0.717, 1.165) is 16.1 Å². The number of aromatic nitrogens is 1. The third kappa shape index (κ3) is 4.83. The lowest BCUT2D eigenvalue weighted by atomic mass is 10.1. The third-order valence-corrected chi connectivity index (χ3v) is 6.47. The van der Waals surface area contributed by atoms with Crippen molar-refractivity contribution in [1.29, 1.82) is 0 Å². The lowest BCUT2D eigenvalue weighted by molar-refractivity contribution is -0.117.